The summed E-state index contributed by atoms with van der Waals surface area (Å²) in [7, 11) is 3.30. The summed E-state index contributed by atoms with van der Waals surface area (Å²) < 4.78 is 10.6. The molecule has 0 unspecified atom stereocenters. The minimum Gasteiger partial charge on any atom is -0.493 e. The molecule has 2 N–H and O–H groups in total. The fourth-order valence-electron chi connectivity index (χ4n) is 2.93. The quantitative estimate of drug-likeness (QED) is 0.700. The van der Waals surface area contributed by atoms with Crippen LogP contribution in [0.3, 0.4) is 0 Å². The van der Waals surface area contributed by atoms with Crippen molar-refractivity contribution in [1.82, 2.24) is 15.5 Å². The van der Waals surface area contributed by atoms with Gasteiger partial charge in [-0.25, -0.2) is 0 Å². The summed E-state index contributed by atoms with van der Waals surface area (Å²) in [5.74, 6) is 1.52. The number of likely N-dealkylation sites (tertiary alicyclic amines) is 1. The first-order chi connectivity index (χ1) is 11.7. The van der Waals surface area contributed by atoms with Gasteiger partial charge in [-0.3, -0.25) is 0 Å². The van der Waals surface area contributed by atoms with Crippen molar-refractivity contribution in [2.75, 3.05) is 46.9 Å². The van der Waals surface area contributed by atoms with Crippen LogP contribution >= 0.6 is 12.2 Å². The second-order valence-corrected chi connectivity index (χ2v) is 6.43. The minimum absolute atomic E-state index is 0.729. The summed E-state index contributed by atoms with van der Waals surface area (Å²) in [6, 6.07) is 5.99. The maximum Gasteiger partial charge on any atom is 0.166 e. The molecule has 0 radical (unpaired) electrons. The molecule has 1 saturated heterocycles. The van der Waals surface area contributed by atoms with Gasteiger partial charge in [0, 0.05) is 19.6 Å². The number of thiocarbonyl (C=S) groups is 1. The van der Waals surface area contributed by atoms with E-state index in [4.69, 9.17) is 21.7 Å². The van der Waals surface area contributed by atoms with Crippen LogP contribution in [0.5, 0.6) is 11.5 Å². The van der Waals surface area contributed by atoms with Gasteiger partial charge < -0.3 is 25.0 Å². The highest BCUT2D eigenvalue weighted by molar-refractivity contribution is 7.80. The molecule has 0 bridgehead atoms. The van der Waals surface area contributed by atoms with Crippen LogP contribution < -0.4 is 20.1 Å². The van der Waals surface area contributed by atoms with Crippen LogP contribution in [0.1, 0.15) is 24.8 Å². The number of nitrogens with one attached hydrogen (secondary N) is 2. The van der Waals surface area contributed by atoms with E-state index in [9.17, 15) is 0 Å². The highest BCUT2D eigenvalue weighted by Gasteiger charge is 2.09. The Morgan fingerprint density at radius 2 is 1.75 bits per heavy atom. The molecule has 5 nitrogen and oxygen atoms in total. The zero-order chi connectivity index (χ0) is 17.2. The Balaban J connectivity index is 1.63. The standard InChI is InChI=1S/C18H29N3O2S/c1-22-16-7-6-15(14-17(16)23-2)8-9-19-18(24)20-10-13-21-11-4-3-5-12-21/h6-7,14H,3-5,8-13H2,1-2H3,(H2,19,20,24). The Hall–Kier alpha value is -1.53. The molecule has 2 rings (SSSR count). The van der Waals surface area contributed by atoms with Gasteiger partial charge in [0.25, 0.3) is 0 Å². The second-order valence-electron chi connectivity index (χ2n) is 6.02. The highest BCUT2D eigenvalue weighted by Crippen LogP contribution is 2.27. The first-order valence-electron chi connectivity index (χ1n) is 8.68. The summed E-state index contributed by atoms with van der Waals surface area (Å²) in [6.07, 6.45) is 4.91. The number of methoxy groups -OCH3 is 2. The van der Waals surface area contributed by atoms with Crippen molar-refractivity contribution >= 4 is 17.3 Å². The molecule has 6 heteroatoms. The minimum atomic E-state index is 0.729. The van der Waals surface area contributed by atoms with Crippen LogP contribution in [0.15, 0.2) is 18.2 Å². The van der Waals surface area contributed by atoms with Crippen molar-refractivity contribution < 1.29 is 9.47 Å². The van der Waals surface area contributed by atoms with E-state index in [-0.39, 0.29) is 0 Å². The number of nitrogens with zero attached hydrogens (tertiary/aromatic N) is 1. The third-order valence-electron chi connectivity index (χ3n) is 4.31. The molecule has 0 saturated carbocycles. The van der Waals surface area contributed by atoms with Gasteiger partial charge in [0.15, 0.2) is 16.6 Å². The zero-order valence-electron chi connectivity index (χ0n) is 14.8. The molecule has 1 fully saturated rings. The molecular weight excluding hydrogens is 322 g/mol. The van der Waals surface area contributed by atoms with Crippen molar-refractivity contribution in [3.8, 4) is 11.5 Å². The highest BCUT2D eigenvalue weighted by atomic mass is 32.1. The van der Waals surface area contributed by atoms with Gasteiger partial charge in [0.1, 0.15) is 0 Å². The van der Waals surface area contributed by atoms with Crippen molar-refractivity contribution in [3.63, 3.8) is 0 Å². The molecule has 1 aliphatic heterocycles. The van der Waals surface area contributed by atoms with Crippen LogP contribution in [-0.2, 0) is 6.42 Å². The predicted octanol–water partition coefficient (Wildman–Crippen LogP) is 2.20. The summed E-state index contributed by atoms with van der Waals surface area (Å²) in [4.78, 5) is 2.50. The predicted molar refractivity (Wildman–Crippen MR) is 102 cm³/mol. The Morgan fingerprint density at radius 3 is 2.46 bits per heavy atom. The van der Waals surface area contributed by atoms with Crippen LogP contribution in [0, 0.1) is 0 Å². The van der Waals surface area contributed by atoms with Gasteiger partial charge in [-0.15, -0.1) is 0 Å². The number of piperidine rings is 1. The first kappa shape index (κ1) is 18.8. The largest absolute Gasteiger partial charge is 0.493 e. The fourth-order valence-corrected chi connectivity index (χ4v) is 3.13. The third kappa shape index (κ3) is 6.17. The molecule has 1 heterocycles. The lowest BCUT2D eigenvalue weighted by molar-refractivity contribution is 0.232. The van der Waals surface area contributed by atoms with Crippen LogP contribution in [0.25, 0.3) is 0 Å². The average Bonchev–Trinajstić information content (AvgIpc) is 2.62. The first-order valence-corrected chi connectivity index (χ1v) is 9.08. The van der Waals surface area contributed by atoms with Crippen molar-refractivity contribution in [2.24, 2.45) is 0 Å². The van der Waals surface area contributed by atoms with E-state index in [1.165, 1.54) is 37.9 Å². The lowest BCUT2D eigenvalue weighted by Crippen LogP contribution is -2.42. The van der Waals surface area contributed by atoms with Crippen molar-refractivity contribution in [2.45, 2.75) is 25.7 Å². The molecule has 0 atom stereocenters. The van der Waals surface area contributed by atoms with Crippen LogP contribution in [-0.4, -0.2) is 57.0 Å². The van der Waals surface area contributed by atoms with Crippen molar-refractivity contribution in [1.29, 1.82) is 0 Å². The molecule has 134 valence electrons. The number of rotatable bonds is 8. The van der Waals surface area contributed by atoms with E-state index in [0.29, 0.717) is 0 Å². The molecule has 0 amide bonds. The van der Waals surface area contributed by atoms with Crippen LogP contribution in [0.4, 0.5) is 0 Å². The maximum atomic E-state index is 5.34. The topological polar surface area (TPSA) is 45.8 Å². The molecular formula is C18H29N3O2S. The summed E-state index contributed by atoms with van der Waals surface area (Å²) >= 11 is 5.34. The van der Waals surface area contributed by atoms with Gasteiger partial charge >= 0.3 is 0 Å². The molecule has 0 spiro atoms. The SMILES string of the molecule is COc1ccc(CCNC(=S)NCCN2CCCCC2)cc1OC. The zero-order valence-corrected chi connectivity index (χ0v) is 15.6. The second kappa shape index (κ2) is 10.4. The number of hydrogen-bond acceptors (Lipinski definition) is 4. The van der Waals surface area contributed by atoms with Crippen LogP contribution in [0.2, 0.25) is 0 Å². The van der Waals surface area contributed by atoms with E-state index in [2.05, 4.69) is 21.6 Å². The Labute approximate surface area is 150 Å². The Morgan fingerprint density at radius 1 is 1.04 bits per heavy atom. The average molecular weight is 352 g/mol. The van der Waals surface area contributed by atoms with E-state index < -0.39 is 0 Å². The van der Waals surface area contributed by atoms with Gasteiger partial charge in [0.2, 0.25) is 0 Å². The number of ether oxygens (including phenoxy) is 2. The molecule has 1 aromatic rings. The molecule has 1 aromatic carbocycles. The smallest absolute Gasteiger partial charge is 0.166 e. The van der Waals surface area contributed by atoms with E-state index in [0.717, 1.165) is 42.7 Å². The van der Waals surface area contributed by atoms with Crippen molar-refractivity contribution in [3.05, 3.63) is 23.8 Å². The number of hydrogen-bond donors (Lipinski definition) is 2. The summed E-state index contributed by atoms with van der Waals surface area (Å²) in [6.45, 7) is 5.22. The number of benzene rings is 1. The van der Waals surface area contributed by atoms with Gasteiger partial charge in [-0.05, 0) is 62.3 Å². The summed E-state index contributed by atoms with van der Waals surface area (Å²) in [5.41, 5.74) is 1.19. The lowest BCUT2D eigenvalue weighted by atomic mass is 10.1. The Bertz CT molecular complexity index is 519. The monoisotopic (exact) mass is 351 g/mol. The van der Waals surface area contributed by atoms with Gasteiger partial charge in [-0.1, -0.05) is 12.5 Å². The van der Waals surface area contributed by atoms with E-state index >= 15 is 0 Å². The molecule has 1 aliphatic rings. The maximum absolute atomic E-state index is 5.34. The third-order valence-corrected chi connectivity index (χ3v) is 4.60. The summed E-state index contributed by atoms with van der Waals surface area (Å²) in [5, 5.41) is 7.28. The van der Waals surface area contributed by atoms with Gasteiger partial charge in [-0.2, -0.15) is 0 Å². The van der Waals surface area contributed by atoms with Gasteiger partial charge in [0.05, 0.1) is 14.2 Å². The lowest BCUT2D eigenvalue weighted by Gasteiger charge is -2.26. The van der Waals surface area contributed by atoms with E-state index in [1.54, 1.807) is 14.2 Å². The van der Waals surface area contributed by atoms with E-state index in [1.807, 2.05) is 12.1 Å². The Kier molecular flexibility index (Phi) is 8.12. The molecule has 0 aromatic heterocycles. The molecule has 0 aliphatic carbocycles. The normalized spacial score (nSPS) is 14.9. The fraction of sp³-hybridized carbons (Fsp3) is 0.611. The molecule has 24 heavy (non-hydrogen) atoms.